The molecule has 0 saturated heterocycles. The zero-order valence-electron chi connectivity index (χ0n) is 11.6. The summed E-state index contributed by atoms with van der Waals surface area (Å²) in [6.07, 6.45) is 1.56. The Balaban J connectivity index is 2.46. The van der Waals surface area contributed by atoms with Crippen molar-refractivity contribution in [3.05, 3.63) is 58.1 Å². The zero-order chi connectivity index (χ0) is 15.2. The van der Waals surface area contributed by atoms with Crippen LogP contribution >= 0.6 is 0 Å². The molecule has 0 aromatic heterocycles. The van der Waals surface area contributed by atoms with Gasteiger partial charge < -0.3 is 9.47 Å². The maximum atomic E-state index is 11.1. The standard InChI is InChI=1S/C15H14N2O4/c1-20-14-8-12(13(17(18)19)9-15(14)21-2)16-10-11-6-4-3-5-7-11/h3-10H,1-2H3. The Kier molecular flexibility index (Phi) is 4.50. The molecular weight excluding hydrogens is 272 g/mol. The van der Waals surface area contributed by atoms with E-state index in [1.165, 1.54) is 26.4 Å². The predicted octanol–water partition coefficient (Wildman–Crippen LogP) is 3.36. The summed E-state index contributed by atoms with van der Waals surface area (Å²) >= 11 is 0. The summed E-state index contributed by atoms with van der Waals surface area (Å²) in [6.45, 7) is 0. The summed E-state index contributed by atoms with van der Waals surface area (Å²) in [5.41, 5.74) is 0.919. The molecule has 0 fully saturated rings. The molecule has 0 aliphatic heterocycles. The monoisotopic (exact) mass is 286 g/mol. The smallest absolute Gasteiger partial charge is 0.298 e. The molecule has 2 rings (SSSR count). The third-order valence-electron chi connectivity index (χ3n) is 2.83. The van der Waals surface area contributed by atoms with Crippen molar-refractivity contribution in [3.8, 4) is 11.5 Å². The number of methoxy groups -OCH3 is 2. The van der Waals surface area contributed by atoms with Crippen molar-refractivity contribution < 1.29 is 14.4 Å². The molecule has 0 radical (unpaired) electrons. The van der Waals surface area contributed by atoms with Gasteiger partial charge in [-0.2, -0.15) is 0 Å². The first-order valence-corrected chi connectivity index (χ1v) is 6.15. The van der Waals surface area contributed by atoms with E-state index in [9.17, 15) is 10.1 Å². The minimum atomic E-state index is -0.500. The van der Waals surface area contributed by atoms with Gasteiger partial charge in [0, 0.05) is 12.3 Å². The first-order valence-electron chi connectivity index (χ1n) is 6.15. The number of nitrogens with zero attached hydrogens (tertiary/aromatic N) is 2. The number of benzene rings is 2. The van der Waals surface area contributed by atoms with E-state index in [2.05, 4.69) is 4.99 Å². The predicted molar refractivity (Wildman–Crippen MR) is 79.9 cm³/mol. The van der Waals surface area contributed by atoms with Crippen molar-refractivity contribution in [1.82, 2.24) is 0 Å². The van der Waals surface area contributed by atoms with E-state index >= 15 is 0 Å². The number of hydrogen-bond acceptors (Lipinski definition) is 5. The zero-order valence-corrected chi connectivity index (χ0v) is 11.6. The average Bonchev–Trinajstić information content (AvgIpc) is 2.52. The average molecular weight is 286 g/mol. The molecule has 0 saturated carbocycles. The molecule has 0 bridgehead atoms. The Morgan fingerprint density at radius 1 is 1.10 bits per heavy atom. The third kappa shape index (κ3) is 3.36. The number of aliphatic imine (C=N–C) groups is 1. The second-order valence-corrected chi connectivity index (χ2v) is 4.12. The van der Waals surface area contributed by atoms with E-state index in [-0.39, 0.29) is 11.4 Å². The highest BCUT2D eigenvalue weighted by atomic mass is 16.6. The molecule has 6 nitrogen and oxygen atoms in total. The highest BCUT2D eigenvalue weighted by Crippen LogP contribution is 2.39. The molecule has 108 valence electrons. The van der Waals surface area contributed by atoms with Gasteiger partial charge in [0.1, 0.15) is 5.69 Å². The first-order chi connectivity index (χ1) is 10.2. The van der Waals surface area contributed by atoms with Crippen LogP contribution in [-0.2, 0) is 0 Å². The van der Waals surface area contributed by atoms with Crippen LogP contribution < -0.4 is 9.47 Å². The van der Waals surface area contributed by atoms with Gasteiger partial charge in [-0.3, -0.25) is 10.1 Å². The molecule has 6 heteroatoms. The number of nitro benzene ring substituents is 1. The fraction of sp³-hybridized carbons (Fsp3) is 0.133. The quantitative estimate of drug-likeness (QED) is 0.480. The van der Waals surface area contributed by atoms with E-state index < -0.39 is 4.92 Å². The molecule has 0 amide bonds. The molecule has 0 heterocycles. The van der Waals surface area contributed by atoms with Gasteiger partial charge in [-0.05, 0) is 5.56 Å². The fourth-order valence-corrected chi connectivity index (χ4v) is 1.79. The Morgan fingerprint density at radius 3 is 2.29 bits per heavy atom. The van der Waals surface area contributed by atoms with Crippen LogP contribution in [0, 0.1) is 10.1 Å². The van der Waals surface area contributed by atoms with Crippen molar-refractivity contribution in [2.24, 2.45) is 4.99 Å². The number of hydrogen-bond donors (Lipinski definition) is 0. The summed E-state index contributed by atoms with van der Waals surface area (Å²) < 4.78 is 10.2. The Bertz CT molecular complexity index is 669. The normalized spacial score (nSPS) is 10.6. The highest BCUT2D eigenvalue weighted by Gasteiger charge is 2.18. The largest absolute Gasteiger partial charge is 0.493 e. The number of ether oxygens (including phenoxy) is 2. The lowest BCUT2D eigenvalue weighted by Crippen LogP contribution is -1.94. The van der Waals surface area contributed by atoms with Gasteiger partial charge in [0.05, 0.1) is 25.2 Å². The van der Waals surface area contributed by atoms with Crippen LogP contribution in [0.1, 0.15) is 5.56 Å². The molecule has 0 spiro atoms. The van der Waals surface area contributed by atoms with Crippen LogP contribution in [0.2, 0.25) is 0 Å². The van der Waals surface area contributed by atoms with Gasteiger partial charge in [0.15, 0.2) is 11.5 Å². The summed E-state index contributed by atoms with van der Waals surface area (Å²) in [4.78, 5) is 14.8. The second-order valence-electron chi connectivity index (χ2n) is 4.12. The van der Waals surface area contributed by atoms with Gasteiger partial charge in [-0.1, -0.05) is 30.3 Å². The summed E-state index contributed by atoms with van der Waals surface area (Å²) in [5, 5.41) is 11.1. The Labute approximate surface area is 121 Å². The number of nitro groups is 1. The van der Waals surface area contributed by atoms with Crippen molar-refractivity contribution >= 4 is 17.6 Å². The first kappa shape index (κ1) is 14.5. The molecule has 0 unspecified atom stereocenters. The molecule has 0 N–H and O–H groups in total. The van der Waals surface area contributed by atoms with E-state index in [1.807, 2.05) is 30.3 Å². The van der Waals surface area contributed by atoms with Gasteiger partial charge in [0.2, 0.25) is 0 Å². The van der Waals surface area contributed by atoms with Crippen LogP contribution in [-0.4, -0.2) is 25.4 Å². The van der Waals surface area contributed by atoms with E-state index in [0.29, 0.717) is 11.5 Å². The lowest BCUT2D eigenvalue weighted by atomic mass is 10.2. The van der Waals surface area contributed by atoms with E-state index in [1.54, 1.807) is 6.21 Å². The minimum Gasteiger partial charge on any atom is -0.493 e. The van der Waals surface area contributed by atoms with Crippen LogP contribution in [0.5, 0.6) is 11.5 Å². The maximum absolute atomic E-state index is 11.1. The Hall–Kier alpha value is -2.89. The molecule has 0 atom stereocenters. The van der Waals surface area contributed by atoms with Gasteiger partial charge in [-0.25, -0.2) is 4.99 Å². The van der Waals surface area contributed by atoms with Crippen LogP contribution in [0.15, 0.2) is 47.5 Å². The minimum absolute atomic E-state index is 0.139. The summed E-state index contributed by atoms with van der Waals surface area (Å²) in [5.74, 6) is 0.686. The van der Waals surface area contributed by atoms with Crippen LogP contribution in [0.25, 0.3) is 0 Å². The molecular formula is C15H14N2O4. The molecule has 2 aromatic rings. The fourth-order valence-electron chi connectivity index (χ4n) is 1.79. The van der Waals surface area contributed by atoms with Gasteiger partial charge >= 0.3 is 0 Å². The summed E-state index contributed by atoms with van der Waals surface area (Å²) in [7, 11) is 2.89. The number of rotatable bonds is 5. The van der Waals surface area contributed by atoms with E-state index in [4.69, 9.17) is 9.47 Å². The second kappa shape index (κ2) is 6.51. The maximum Gasteiger partial charge on any atom is 0.298 e. The summed E-state index contributed by atoms with van der Waals surface area (Å²) in [6, 6.07) is 12.1. The topological polar surface area (TPSA) is 74.0 Å². The van der Waals surface area contributed by atoms with Crippen molar-refractivity contribution in [2.75, 3.05) is 14.2 Å². The van der Waals surface area contributed by atoms with Gasteiger partial charge in [-0.15, -0.1) is 0 Å². The third-order valence-corrected chi connectivity index (χ3v) is 2.83. The highest BCUT2D eigenvalue weighted by molar-refractivity contribution is 5.83. The lowest BCUT2D eigenvalue weighted by Gasteiger charge is -2.08. The van der Waals surface area contributed by atoms with Crippen molar-refractivity contribution in [3.63, 3.8) is 0 Å². The van der Waals surface area contributed by atoms with Crippen molar-refractivity contribution in [2.45, 2.75) is 0 Å². The SMILES string of the molecule is COc1cc(N=Cc2ccccc2)c([N+](=O)[O-])cc1OC. The van der Waals surface area contributed by atoms with Crippen molar-refractivity contribution in [1.29, 1.82) is 0 Å². The molecule has 0 aliphatic carbocycles. The Morgan fingerprint density at radius 2 is 1.71 bits per heavy atom. The van der Waals surface area contributed by atoms with Crippen LogP contribution in [0.4, 0.5) is 11.4 Å². The molecule has 0 aliphatic rings. The molecule has 2 aromatic carbocycles. The molecule has 21 heavy (non-hydrogen) atoms. The van der Waals surface area contributed by atoms with Gasteiger partial charge in [0.25, 0.3) is 5.69 Å². The van der Waals surface area contributed by atoms with E-state index in [0.717, 1.165) is 5.56 Å². The van der Waals surface area contributed by atoms with Crippen LogP contribution in [0.3, 0.4) is 0 Å². The lowest BCUT2D eigenvalue weighted by molar-refractivity contribution is -0.384.